The molecule has 80 valence electrons. The van der Waals surface area contributed by atoms with Gasteiger partial charge in [-0.2, -0.15) is 0 Å². The van der Waals surface area contributed by atoms with Gasteiger partial charge in [0, 0.05) is 12.5 Å². The Morgan fingerprint density at radius 1 is 1.53 bits per heavy atom. The summed E-state index contributed by atoms with van der Waals surface area (Å²) in [6.07, 6.45) is 2.36. The number of Topliss-reactive ketones (excluding diaryl/α,β-unsaturated/α-hetero) is 1. The van der Waals surface area contributed by atoms with Crippen molar-refractivity contribution in [3.05, 3.63) is 17.9 Å². The Hall–Kier alpha value is -1.34. The first-order valence-electron chi connectivity index (χ1n) is 5.25. The Labute approximate surface area is 88.8 Å². The van der Waals surface area contributed by atoms with Gasteiger partial charge in [-0.15, -0.1) is 5.73 Å². The average molecular weight is 206 g/mol. The smallest absolute Gasteiger partial charge is 0.302 e. The van der Waals surface area contributed by atoms with Crippen molar-refractivity contribution >= 4 is 11.8 Å². The third-order valence-electron chi connectivity index (χ3n) is 3.31. The maximum Gasteiger partial charge on any atom is 0.302 e. The van der Waals surface area contributed by atoms with Crippen LogP contribution < -0.4 is 0 Å². The molecule has 0 aromatic carbocycles. The summed E-state index contributed by atoms with van der Waals surface area (Å²) in [5, 5.41) is 0. The summed E-state index contributed by atoms with van der Waals surface area (Å²) < 4.78 is 5.17. The summed E-state index contributed by atoms with van der Waals surface area (Å²) in [6.45, 7) is 4.93. The van der Waals surface area contributed by atoms with Gasteiger partial charge in [0.1, 0.15) is 6.10 Å². The van der Waals surface area contributed by atoms with Crippen LogP contribution in [0.1, 0.15) is 26.2 Å². The number of hydrogen-bond acceptors (Lipinski definition) is 3. The molecule has 0 aromatic heterocycles. The van der Waals surface area contributed by atoms with Crippen LogP contribution in [0.5, 0.6) is 0 Å². The standard InChI is InChI=1S/C12H14O3/c1-3-9-8-4-5-10(12(9)14)11(6-8)15-7(2)13/h8,10-11H,1,4-6H2,2H3/t8-,10+,11-/m0/s1. The van der Waals surface area contributed by atoms with Crippen molar-refractivity contribution in [2.45, 2.75) is 32.3 Å². The third-order valence-corrected chi connectivity index (χ3v) is 3.31. The minimum atomic E-state index is -0.301. The molecule has 3 aliphatic carbocycles. The number of ketones is 1. The summed E-state index contributed by atoms with van der Waals surface area (Å²) >= 11 is 0. The number of rotatable bonds is 1. The zero-order valence-corrected chi connectivity index (χ0v) is 8.79. The highest BCUT2D eigenvalue weighted by atomic mass is 16.5. The fourth-order valence-electron chi connectivity index (χ4n) is 2.67. The van der Waals surface area contributed by atoms with E-state index in [1.54, 1.807) is 0 Å². The Bertz CT molecular complexity index is 363. The number of carbonyl (C=O) groups is 2. The van der Waals surface area contributed by atoms with E-state index in [2.05, 4.69) is 12.3 Å². The maximum absolute atomic E-state index is 11.9. The molecule has 3 heteroatoms. The van der Waals surface area contributed by atoms with Crippen molar-refractivity contribution in [2.24, 2.45) is 11.8 Å². The Kier molecular flexibility index (Phi) is 2.49. The molecule has 0 unspecified atom stereocenters. The van der Waals surface area contributed by atoms with Crippen LogP contribution in [0, 0.1) is 11.8 Å². The topological polar surface area (TPSA) is 43.4 Å². The van der Waals surface area contributed by atoms with Crippen LogP contribution in [0.3, 0.4) is 0 Å². The quantitative estimate of drug-likeness (QED) is 0.372. The first kappa shape index (κ1) is 10.2. The first-order valence-corrected chi connectivity index (χ1v) is 5.25. The molecule has 3 fully saturated rings. The summed E-state index contributed by atoms with van der Waals surface area (Å²) in [5.41, 5.74) is 3.45. The van der Waals surface area contributed by atoms with Crippen molar-refractivity contribution < 1.29 is 14.3 Å². The molecule has 0 N–H and O–H groups in total. The van der Waals surface area contributed by atoms with E-state index in [9.17, 15) is 9.59 Å². The van der Waals surface area contributed by atoms with E-state index >= 15 is 0 Å². The first-order chi connectivity index (χ1) is 7.13. The van der Waals surface area contributed by atoms with Crippen LogP contribution in [-0.2, 0) is 14.3 Å². The SMILES string of the molecule is C=C=C1C(=O)[C@@H]2CC[C@H]1C[C@@H]2OC(C)=O. The van der Waals surface area contributed by atoms with Gasteiger partial charge >= 0.3 is 5.97 Å². The van der Waals surface area contributed by atoms with E-state index in [4.69, 9.17) is 4.74 Å². The number of fused-ring (bicyclic) bond motifs is 3. The third kappa shape index (κ3) is 1.64. The molecule has 3 nitrogen and oxygen atoms in total. The molecule has 3 rings (SSSR count). The molecule has 3 aliphatic rings. The van der Waals surface area contributed by atoms with Gasteiger partial charge in [-0.05, 0) is 25.2 Å². The molecule has 0 heterocycles. The molecule has 0 aromatic rings. The highest BCUT2D eigenvalue weighted by Crippen LogP contribution is 2.43. The molecule has 0 radical (unpaired) electrons. The minimum Gasteiger partial charge on any atom is -0.462 e. The summed E-state index contributed by atoms with van der Waals surface area (Å²) in [5.74, 6) is -0.171. The molecule has 2 bridgehead atoms. The predicted molar refractivity (Wildman–Crippen MR) is 54.0 cm³/mol. The van der Waals surface area contributed by atoms with Crippen LogP contribution in [0.15, 0.2) is 17.9 Å². The largest absolute Gasteiger partial charge is 0.462 e. The van der Waals surface area contributed by atoms with Crippen LogP contribution in [-0.4, -0.2) is 17.9 Å². The highest BCUT2D eigenvalue weighted by molar-refractivity contribution is 5.99. The molecule has 3 saturated carbocycles. The second-order valence-electron chi connectivity index (χ2n) is 4.22. The normalized spacial score (nSPS) is 33.8. The van der Waals surface area contributed by atoms with Crippen LogP contribution in [0.4, 0.5) is 0 Å². The molecular formula is C12H14O3. The number of esters is 1. The second-order valence-corrected chi connectivity index (χ2v) is 4.22. The van der Waals surface area contributed by atoms with Gasteiger partial charge in [0.15, 0.2) is 5.78 Å². The zero-order chi connectivity index (χ0) is 11.0. The fraction of sp³-hybridized carbons (Fsp3) is 0.583. The van der Waals surface area contributed by atoms with E-state index in [1.165, 1.54) is 6.92 Å². The molecule has 0 spiro atoms. The van der Waals surface area contributed by atoms with E-state index < -0.39 is 0 Å². The lowest BCUT2D eigenvalue weighted by Gasteiger charge is -2.41. The van der Waals surface area contributed by atoms with E-state index in [0.717, 1.165) is 24.8 Å². The highest BCUT2D eigenvalue weighted by Gasteiger charge is 2.46. The van der Waals surface area contributed by atoms with Crippen molar-refractivity contribution in [3.63, 3.8) is 0 Å². The second kappa shape index (κ2) is 3.67. The molecule has 0 amide bonds. The Morgan fingerprint density at radius 3 is 2.80 bits per heavy atom. The maximum atomic E-state index is 11.9. The lowest BCUT2D eigenvalue weighted by molar-refractivity contribution is -0.156. The number of ether oxygens (including phenoxy) is 1. The molecule has 0 saturated heterocycles. The number of allylic oxidation sites excluding steroid dienone is 1. The average Bonchev–Trinajstić information content (AvgIpc) is 2.17. The van der Waals surface area contributed by atoms with Crippen molar-refractivity contribution in [3.8, 4) is 0 Å². The van der Waals surface area contributed by atoms with Gasteiger partial charge in [-0.1, -0.05) is 6.58 Å². The van der Waals surface area contributed by atoms with Crippen molar-refractivity contribution in [2.75, 3.05) is 0 Å². The molecule has 15 heavy (non-hydrogen) atoms. The summed E-state index contributed by atoms with van der Waals surface area (Å²) in [6, 6.07) is 0. The van der Waals surface area contributed by atoms with E-state index in [0.29, 0.717) is 0 Å². The summed E-state index contributed by atoms with van der Waals surface area (Å²) in [4.78, 5) is 22.8. The summed E-state index contributed by atoms with van der Waals surface area (Å²) in [7, 11) is 0. The van der Waals surface area contributed by atoms with E-state index in [-0.39, 0.29) is 29.7 Å². The number of carbonyl (C=O) groups excluding carboxylic acids is 2. The minimum absolute atomic E-state index is 0.0822. The van der Waals surface area contributed by atoms with Crippen molar-refractivity contribution in [1.82, 2.24) is 0 Å². The van der Waals surface area contributed by atoms with Crippen LogP contribution >= 0.6 is 0 Å². The van der Waals surface area contributed by atoms with Crippen molar-refractivity contribution in [1.29, 1.82) is 0 Å². The Morgan fingerprint density at radius 2 is 2.27 bits per heavy atom. The van der Waals surface area contributed by atoms with E-state index in [1.807, 2.05) is 0 Å². The van der Waals surface area contributed by atoms with Gasteiger partial charge in [-0.3, -0.25) is 9.59 Å². The van der Waals surface area contributed by atoms with Crippen LogP contribution in [0.2, 0.25) is 0 Å². The van der Waals surface area contributed by atoms with Gasteiger partial charge < -0.3 is 4.74 Å². The lowest BCUT2D eigenvalue weighted by atomic mass is 9.65. The monoisotopic (exact) mass is 206 g/mol. The van der Waals surface area contributed by atoms with Gasteiger partial charge in [0.05, 0.1) is 5.92 Å². The van der Waals surface area contributed by atoms with Gasteiger partial charge in [0.25, 0.3) is 0 Å². The molecule has 3 atom stereocenters. The lowest BCUT2D eigenvalue weighted by Crippen LogP contribution is -2.45. The molecule has 0 aliphatic heterocycles. The predicted octanol–water partition coefficient (Wildman–Crippen LogP) is 1.63. The zero-order valence-electron chi connectivity index (χ0n) is 8.79. The van der Waals surface area contributed by atoms with Gasteiger partial charge in [-0.25, -0.2) is 0 Å². The molecular weight excluding hydrogens is 192 g/mol. The van der Waals surface area contributed by atoms with Crippen LogP contribution in [0.25, 0.3) is 0 Å². The Balaban J connectivity index is 2.21. The fourth-order valence-corrected chi connectivity index (χ4v) is 2.67. The van der Waals surface area contributed by atoms with Gasteiger partial charge in [0.2, 0.25) is 0 Å². The number of hydrogen-bond donors (Lipinski definition) is 0.